The minimum Gasteiger partial charge on any atom is -0.300 e. The summed E-state index contributed by atoms with van der Waals surface area (Å²) in [4.78, 5) is 12.2. The van der Waals surface area contributed by atoms with Crippen LogP contribution in [0.4, 0.5) is 0 Å². The molecule has 0 aliphatic heterocycles. The number of ketones is 1. The van der Waals surface area contributed by atoms with E-state index < -0.39 is 0 Å². The van der Waals surface area contributed by atoms with Gasteiger partial charge in [0.25, 0.3) is 0 Å². The number of rotatable bonds is 1. The Bertz CT molecular complexity index is 737. The van der Waals surface area contributed by atoms with Crippen molar-refractivity contribution >= 4 is 5.78 Å². The fraction of sp³-hybridized carbons (Fsp3) is 0.893. The Morgan fingerprint density at radius 2 is 1.66 bits per heavy atom. The highest BCUT2D eigenvalue weighted by Gasteiger charge is 2.68. The Kier molecular flexibility index (Phi) is 4.36. The molecule has 9 atom stereocenters. The third-order valence-electron chi connectivity index (χ3n) is 12.4. The van der Waals surface area contributed by atoms with Gasteiger partial charge in [0.15, 0.2) is 0 Å². The first-order chi connectivity index (χ1) is 13.6. The average Bonchev–Trinajstić information content (AvgIpc) is 3.01. The Balaban J connectivity index is 1.54. The molecule has 1 nitrogen and oxygen atoms in total. The Hall–Kier alpha value is -0.590. The summed E-state index contributed by atoms with van der Waals surface area (Å²) < 4.78 is 0. The van der Waals surface area contributed by atoms with Gasteiger partial charge in [0.05, 0.1) is 0 Å². The summed E-state index contributed by atoms with van der Waals surface area (Å²) in [6, 6.07) is 0. The molecule has 0 aromatic rings. The minimum atomic E-state index is 0.402. The van der Waals surface area contributed by atoms with Gasteiger partial charge in [0.2, 0.25) is 0 Å². The summed E-state index contributed by atoms with van der Waals surface area (Å²) in [5.41, 5.74) is 3.32. The highest BCUT2D eigenvalue weighted by atomic mass is 16.1. The van der Waals surface area contributed by atoms with Crippen molar-refractivity contribution in [2.24, 2.45) is 51.2 Å². The maximum Gasteiger partial charge on any atom is 0.133 e. The molecule has 0 amide bonds. The van der Waals surface area contributed by atoms with Crippen LogP contribution in [0.25, 0.3) is 0 Å². The molecule has 0 aromatic carbocycles. The molecule has 5 aliphatic rings. The average molecular weight is 397 g/mol. The van der Waals surface area contributed by atoms with Crippen LogP contribution in [0.2, 0.25) is 0 Å². The second-order valence-corrected chi connectivity index (χ2v) is 13.2. The van der Waals surface area contributed by atoms with Crippen molar-refractivity contribution in [3.05, 3.63) is 12.2 Å². The molecule has 0 spiro atoms. The van der Waals surface area contributed by atoms with Gasteiger partial charge in [-0.2, -0.15) is 0 Å². The van der Waals surface area contributed by atoms with Crippen LogP contribution >= 0.6 is 0 Å². The Morgan fingerprint density at radius 1 is 0.897 bits per heavy atom. The van der Waals surface area contributed by atoms with E-state index >= 15 is 0 Å². The van der Waals surface area contributed by atoms with E-state index in [4.69, 9.17) is 0 Å². The summed E-state index contributed by atoms with van der Waals surface area (Å²) in [6.45, 7) is 17.4. The molecule has 5 rings (SSSR count). The van der Waals surface area contributed by atoms with Gasteiger partial charge in [0.1, 0.15) is 5.78 Å². The number of fused-ring (bicyclic) bond motifs is 7. The first-order valence-corrected chi connectivity index (χ1v) is 12.7. The van der Waals surface area contributed by atoms with E-state index in [1.165, 1.54) is 56.9 Å². The molecule has 0 radical (unpaired) electrons. The van der Waals surface area contributed by atoms with Crippen molar-refractivity contribution in [3.63, 3.8) is 0 Å². The van der Waals surface area contributed by atoms with Gasteiger partial charge in [-0.1, -0.05) is 39.8 Å². The van der Waals surface area contributed by atoms with E-state index in [1.54, 1.807) is 0 Å². The van der Waals surface area contributed by atoms with E-state index in [0.717, 1.165) is 42.9 Å². The maximum absolute atomic E-state index is 12.2. The summed E-state index contributed by atoms with van der Waals surface area (Å²) >= 11 is 0. The lowest BCUT2D eigenvalue weighted by atomic mass is 9.33. The van der Waals surface area contributed by atoms with Crippen molar-refractivity contribution in [2.45, 2.75) is 105 Å². The smallest absolute Gasteiger partial charge is 0.133 e. The molecular formula is C28H44O. The van der Waals surface area contributed by atoms with Gasteiger partial charge in [-0.05, 0) is 116 Å². The van der Waals surface area contributed by atoms with Crippen LogP contribution in [0.5, 0.6) is 0 Å². The summed E-state index contributed by atoms with van der Waals surface area (Å²) in [7, 11) is 0. The standard InChI is InChI=1S/C28H44O/c1-18(2)21-11-12-25(3)15-16-27(5)22(24(21)25)7-8-23-26(4)13-10-20(29)17-19(26)9-14-28(23,27)6/h19,21-24H,1,7-17H2,2-6H3/t19-,21+,22-,23+,24-,25-,26+,27-,28+/m1/s1. The second kappa shape index (κ2) is 6.23. The number of hydrogen-bond donors (Lipinski definition) is 0. The van der Waals surface area contributed by atoms with Crippen LogP contribution in [-0.2, 0) is 4.79 Å². The Labute approximate surface area is 179 Å². The molecule has 162 valence electrons. The molecule has 1 heteroatoms. The van der Waals surface area contributed by atoms with Crippen LogP contribution in [-0.4, -0.2) is 5.78 Å². The van der Waals surface area contributed by atoms with E-state index in [9.17, 15) is 4.79 Å². The summed E-state index contributed by atoms with van der Waals surface area (Å²) in [6.07, 6.45) is 14.0. The number of Topliss-reactive ketones (excluding diaryl/α,β-unsaturated/α-hetero) is 1. The molecule has 0 N–H and O–H groups in total. The lowest BCUT2D eigenvalue weighted by Crippen LogP contribution is -2.64. The molecule has 0 saturated heterocycles. The van der Waals surface area contributed by atoms with Crippen molar-refractivity contribution in [2.75, 3.05) is 0 Å². The molecule has 0 aromatic heterocycles. The molecule has 0 bridgehead atoms. The van der Waals surface area contributed by atoms with Crippen molar-refractivity contribution in [1.82, 2.24) is 0 Å². The molecule has 0 unspecified atom stereocenters. The van der Waals surface area contributed by atoms with Gasteiger partial charge < -0.3 is 0 Å². The zero-order chi connectivity index (χ0) is 20.8. The summed E-state index contributed by atoms with van der Waals surface area (Å²) in [5.74, 6) is 4.50. The number of allylic oxidation sites excluding steroid dienone is 1. The predicted molar refractivity (Wildman–Crippen MR) is 120 cm³/mol. The minimum absolute atomic E-state index is 0.402. The first-order valence-electron chi connectivity index (χ1n) is 12.7. The third kappa shape index (κ3) is 2.48. The predicted octanol–water partition coefficient (Wildman–Crippen LogP) is 7.60. The zero-order valence-electron chi connectivity index (χ0n) is 19.8. The molecule has 5 aliphatic carbocycles. The van der Waals surface area contributed by atoms with Gasteiger partial charge in [-0.15, -0.1) is 0 Å². The van der Waals surface area contributed by atoms with Gasteiger partial charge in [0, 0.05) is 12.8 Å². The number of carbonyl (C=O) groups is 1. The highest BCUT2D eigenvalue weighted by molar-refractivity contribution is 5.79. The van der Waals surface area contributed by atoms with E-state index in [0.29, 0.717) is 33.4 Å². The topological polar surface area (TPSA) is 17.1 Å². The largest absolute Gasteiger partial charge is 0.300 e. The van der Waals surface area contributed by atoms with Crippen LogP contribution < -0.4 is 0 Å². The SMILES string of the molecule is C=C(C)[C@@H]1CC[C@]2(C)CC[C@]3(C)[C@H](CC[C@H]4[C@@]5(C)CCC(=O)C[C@H]5CC[C@@]43C)[C@@H]12. The van der Waals surface area contributed by atoms with Gasteiger partial charge in [-0.25, -0.2) is 0 Å². The van der Waals surface area contributed by atoms with E-state index in [1.807, 2.05) is 0 Å². The fourth-order valence-electron chi connectivity index (χ4n) is 10.4. The number of carbonyl (C=O) groups excluding carboxylic acids is 1. The molecule has 29 heavy (non-hydrogen) atoms. The quantitative estimate of drug-likeness (QED) is 0.417. The summed E-state index contributed by atoms with van der Waals surface area (Å²) in [5, 5.41) is 0. The lowest BCUT2D eigenvalue weighted by molar-refractivity contribution is -0.220. The fourth-order valence-corrected chi connectivity index (χ4v) is 10.4. The van der Waals surface area contributed by atoms with Crippen molar-refractivity contribution in [3.8, 4) is 0 Å². The molecule has 5 fully saturated rings. The molecule has 0 heterocycles. The van der Waals surface area contributed by atoms with Crippen molar-refractivity contribution in [1.29, 1.82) is 0 Å². The van der Waals surface area contributed by atoms with Crippen LogP contribution in [0, 0.1) is 51.2 Å². The van der Waals surface area contributed by atoms with Crippen molar-refractivity contribution < 1.29 is 4.79 Å². The molecular weight excluding hydrogens is 352 g/mol. The monoisotopic (exact) mass is 396 g/mol. The first kappa shape index (κ1) is 20.3. The maximum atomic E-state index is 12.2. The van der Waals surface area contributed by atoms with E-state index in [-0.39, 0.29) is 0 Å². The second-order valence-electron chi connectivity index (χ2n) is 13.2. The Morgan fingerprint density at radius 3 is 2.38 bits per heavy atom. The van der Waals surface area contributed by atoms with Crippen LogP contribution in [0.15, 0.2) is 12.2 Å². The highest BCUT2D eigenvalue weighted by Crippen LogP contribution is 2.76. The normalized spacial score (nSPS) is 56.7. The van der Waals surface area contributed by atoms with Gasteiger partial charge in [-0.3, -0.25) is 4.79 Å². The third-order valence-corrected chi connectivity index (χ3v) is 12.4. The number of hydrogen-bond acceptors (Lipinski definition) is 1. The zero-order valence-corrected chi connectivity index (χ0v) is 19.8. The lowest BCUT2D eigenvalue weighted by Gasteiger charge is -2.71. The van der Waals surface area contributed by atoms with Crippen LogP contribution in [0.1, 0.15) is 105 Å². The van der Waals surface area contributed by atoms with Gasteiger partial charge >= 0.3 is 0 Å². The van der Waals surface area contributed by atoms with E-state index in [2.05, 4.69) is 41.2 Å². The van der Waals surface area contributed by atoms with Crippen LogP contribution in [0.3, 0.4) is 0 Å². The molecule has 5 saturated carbocycles.